The first kappa shape index (κ1) is 18.0. The number of aliphatic hydroxyl groups excluding tert-OH is 1. The number of aliphatic hydroxyl groups is 1. The predicted octanol–water partition coefficient (Wildman–Crippen LogP) is 2.02. The molecule has 1 amide bonds. The molecule has 1 atom stereocenters. The number of hydrogen-bond donors (Lipinski definition) is 1. The van der Waals surface area contributed by atoms with Gasteiger partial charge in [0.25, 0.3) is 5.56 Å². The maximum absolute atomic E-state index is 12.7. The van der Waals surface area contributed by atoms with Gasteiger partial charge in [0.05, 0.1) is 6.10 Å². The highest BCUT2D eigenvalue weighted by Gasteiger charge is 2.47. The standard InChI is InChI=1S/C22H26N2O3/c1-16-5-4-8-21(27)24(16)12-9-20(26)23-13-10-22(11-14-23)18-7-3-2-6-17(18)15-19(22)25/h2-8,19,25H,9-15H2,1H3. The molecular weight excluding hydrogens is 340 g/mol. The lowest BCUT2D eigenvalue weighted by molar-refractivity contribution is -0.133. The monoisotopic (exact) mass is 366 g/mol. The zero-order valence-corrected chi connectivity index (χ0v) is 15.7. The van der Waals surface area contributed by atoms with E-state index in [1.807, 2.05) is 30.0 Å². The highest BCUT2D eigenvalue weighted by atomic mass is 16.3. The number of carbonyl (C=O) groups is 1. The molecule has 1 aromatic carbocycles. The number of benzene rings is 1. The van der Waals surface area contributed by atoms with Crippen LogP contribution >= 0.6 is 0 Å². The van der Waals surface area contributed by atoms with Crippen molar-refractivity contribution in [2.75, 3.05) is 13.1 Å². The third-order valence-electron chi connectivity index (χ3n) is 6.43. The SMILES string of the molecule is Cc1cccc(=O)n1CCC(=O)N1CCC2(CC1)c1ccccc1CC2O. The highest BCUT2D eigenvalue weighted by Crippen LogP contribution is 2.46. The van der Waals surface area contributed by atoms with Crippen LogP contribution in [0.25, 0.3) is 0 Å². The summed E-state index contributed by atoms with van der Waals surface area (Å²) in [6, 6.07) is 13.5. The van der Waals surface area contributed by atoms with E-state index in [2.05, 4.69) is 12.1 Å². The van der Waals surface area contributed by atoms with Gasteiger partial charge in [0, 0.05) is 43.2 Å². The summed E-state index contributed by atoms with van der Waals surface area (Å²) in [6.45, 7) is 3.62. The van der Waals surface area contributed by atoms with E-state index in [4.69, 9.17) is 0 Å². The van der Waals surface area contributed by atoms with Gasteiger partial charge in [-0.25, -0.2) is 0 Å². The minimum absolute atomic E-state index is 0.0638. The van der Waals surface area contributed by atoms with Gasteiger partial charge in [-0.15, -0.1) is 0 Å². The molecule has 5 heteroatoms. The average molecular weight is 366 g/mol. The fourth-order valence-corrected chi connectivity index (χ4v) is 4.80. The van der Waals surface area contributed by atoms with Crippen molar-refractivity contribution in [2.24, 2.45) is 0 Å². The van der Waals surface area contributed by atoms with Crippen LogP contribution in [-0.2, 0) is 23.2 Å². The number of aromatic nitrogens is 1. The van der Waals surface area contributed by atoms with Crippen LogP contribution in [0.5, 0.6) is 0 Å². The molecular formula is C22H26N2O3. The number of aryl methyl sites for hydroxylation is 1. The van der Waals surface area contributed by atoms with Crippen molar-refractivity contribution in [3.63, 3.8) is 0 Å². The van der Waals surface area contributed by atoms with Crippen molar-refractivity contribution in [1.29, 1.82) is 0 Å². The van der Waals surface area contributed by atoms with E-state index in [0.717, 1.165) is 18.5 Å². The summed E-state index contributed by atoms with van der Waals surface area (Å²) in [6.07, 6.45) is 2.26. The maximum Gasteiger partial charge on any atom is 0.250 e. The van der Waals surface area contributed by atoms with E-state index >= 15 is 0 Å². The number of piperidine rings is 1. The summed E-state index contributed by atoms with van der Waals surface area (Å²) in [5.74, 6) is 0.0841. The molecule has 1 aliphatic heterocycles. The van der Waals surface area contributed by atoms with Gasteiger partial charge in [-0.2, -0.15) is 0 Å². The number of amides is 1. The summed E-state index contributed by atoms with van der Waals surface area (Å²) < 4.78 is 1.65. The summed E-state index contributed by atoms with van der Waals surface area (Å²) in [5, 5.41) is 10.7. The Morgan fingerprint density at radius 2 is 1.89 bits per heavy atom. The van der Waals surface area contributed by atoms with E-state index in [1.165, 1.54) is 17.2 Å². The van der Waals surface area contributed by atoms with Crippen molar-refractivity contribution >= 4 is 5.91 Å². The quantitative estimate of drug-likeness (QED) is 0.904. The lowest BCUT2D eigenvalue weighted by Gasteiger charge is -2.42. The van der Waals surface area contributed by atoms with Gasteiger partial charge in [0.1, 0.15) is 0 Å². The fourth-order valence-electron chi connectivity index (χ4n) is 4.80. The van der Waals surface area contributed by atoms with Gasteiger partial charge in [0.15, 0.2) is 0 Å². The van der Waals surface area contributed by atoms with E-state index in [9.17, 15) is 14.7 Å². The van der Waals surface area contributed by atoms with Crippen LogP contribution in [0, 0.1) is 6.92 Å². The predicted molar refractivity (Wildman–Crippen MR) is 104 cm³/mol. The molecule has 2 heterocycles. The van der Waals surface area contributed by atoms with Crippen LogP contribution in [-0.4, -0.2) is 39.7 Å². The van der Waals surface area contributed by atoms with Gasteiger partial charge < -0.3 is 14.6 Å². The number of pyridine rings is 1. The molecule has 1 aromatic heterocycles. The molecule has 142 valence electrons. The summed E-state index contributed by atoms with van der Waals surface area (Å²) >= 11 is 0. The Labute approximate surface area is 159 Å². The Morgan fingerprint density at radius 3 is 2.63 bits per heavy atom. The Bertz CT molecular complexity index is 910. The van der Waals surface area contributed by atoms with Crippen LogP contribution in [0.2, 0.25) is 0 Å². The van der Waals surface area contributed by atoms with Crippen molar-refractivity contribution in [3.8, 4) is 0 Å². The number of hydrogen-bond acceptors (Lipinski definition) is 3. The fraction of sp³-hybridized carbons (Fsp3) is 0.455. The smallest absolute Gasteiger partial charge is 0.250 e. The summed E-state index contributed by atoms with van der Waals surface area (Å²) in [5.41, 5.74) is 3.10. The van der Waals surface area contributed by atoms with E-state index < -0.39 is 0 Å². The van der Waals surface area contributed by atoms with Crippen molar-refractivity contribution < 1.29 is 9.90 Å². The van der Waals surface area contributed by atoms with Crippen molar-refractivity contribution in [3.05, 3.63) is 69.6 Å². The summed E-state index contributed by atoms with van der Waals surface area (Å²) in [7, 11) is 0. The highest BCUT2D eigenvalue weighted by molar-refractivity contribution is 5.76. The van der Waals surface area contributed by atoms with E-state index in [-0.39, 0.29) is 23.0 Å². The average Bonchev–Trinajstić information content (AvgIpc) is 2.93. The first-order chi connectivity index (χ1) is 13.0. The molecule has 1 fully saturated rings. The topological polar surface area (TPSA) is 62.5 Å². The van der Waals surface area contributed by atoms with Gasteiger partial charge in [-0.1, -0.05) is 30.3 Å². The van der Waals surface area contributed by atoms with E-state index in [0.29, 0.717) is 32.5 Å². The number of rotatable bonds is 3. The number of carbonyl (C=O) groups excluding carboxylic acids is 1. The zero-order valence-electron chi connectivity index (χ0n) is 15.7. The Kier molecular flexibility index (Phi) is 4.64. The van der Waals surface area contributed by atoms with Crippen molar-refractivity contribution in [1.82, 2.24) is 9.47 Å². The zero-order chi connectivity index (χ0) is 19.0. The third-order valence-corrected chi connectivity index (χ3v) is 6.43. The third kappa shape index (κ3) is 3.10. The van der Waals surface area contributed by atoms with Gasteiger partial charge in [-0.3, -0.25) is 9.59 Å². The molecule has 0 saturated carbocycles. The second kappa shape index (κ2) is 6.97. The molecule has 0 bridgehead atoms. The molecule has 2 aromatic rings. The number of fused-ring (bicyclic) bond motifs is 2. The van der Waals surface area contributed by atoms with Crippen molar-refractivity contribution in [2.45, 2.75) is 50.7 Å². The van der Waals surface area contributed by atoms with Gasteiger partial charge >= 0.3 is 0 Å². The molecule has 1 unspecified atom stereocenters. The number of nitrogens with zero attached hydrogens (tertiary/aromatic N) is 2. The molecule has 2 aliphatic rings. The first-order valence-electron chi connectivity index (χ1n) is 9.72. The summed E-state index contributed by atoms with van der Waals surface area (Å²) in [4.78, 5) is 26.5. The first-order valence-corrected chi connectivity index (χ1v) is 9.72. The van der Waals surface area contributed by atoms with Gasteiger partial charge in [0.2, 0.25) is 5.91 Å². The number of likely N-dealkylation sites (tertiary alicyclic amines) is 1. The lowest BCUT2D eigenvalue weighted by Crippen LogP contribution is -2.49. The molecule has 27 heavy (non-hydrogen) atoms. The largest absolute Gasteiger partial charge is 0.392 e. The minimum atomic E-state index is -0.363. The van der Waals surface area contributed by atoms with Crippen LogP contribution < -0.4 is 5.56 Å². The molecule has 1 aliphatic carbocycles. The molecule has 1 spiro atoms. The molecule has 1 N–H and O–H groups in total. The minimum Gasteiger partial charge on any atom is -0.392 e. The maximum atomic E-state index is 12.7. The van der Waals surface area contributed by atoms with Gasteiger partial charge in [-0.05, 0) is 43.4 Å². The normalized spacial score (nSPS) is 20.7. The molecule has 5 nitrogen and oxygen atoms in total. The van der Waals surface area contributed by atoms with Crippen LogP contribution in [0.15, 0.2) is 47.3 Å². The van der Waals surface area contributed by atoms with E-state index in [1.54, 1.807) is 10.6 Å². The second-order valence-electron chi connectivity index (χ2n) is 7.82. The van der Waals surface area contributed by atoms with Crippen LogP contribution in [0.3, 0.4) is 0 Å². The van der Waals surface area contributed by atoms with Crippen LogP contribution in [0.1, 0.15) is 36.1 Å². The second-order valence-corrected chi connectivity index (χ2v) is 7.82. The molecule has 1 saturated heterocycles. The Morgan fingerprint density at radius 1 is 1.15 bits per heavy atom. The Balaban J connectivity index is 1.41. The molecule has 4 rings (SSSR count). The van der Waals surface area contributed by atoms with Crippen LogP contribution in [0.4, 0.5) is 0 Å². The Hall–Kier alpha value is -2.40. The molecule has 0 radical (unpaired) electrons. The lowest BCUT2D eigenvalue weighted by atomic mass is 9.72.